The summed E-state index contributed by atoms with van der Waals surface area (Å²) in [5, 5.41) is 11.3. The van der Waals surface area contributed by atoms with Crippen molar-refractivity contribution >= 4 is 0 Å². The van der Waals surface area contributed by atoms with Gasteiger partial charge in [-0.15, -0.1) is 0 Å². The molecule has 0 aliphatic carbocycles. The molecule has 1 heterocycles. The van der Waals surface area contributed by atoms with E-state index in [0.29, 0.717) is 19.6 Å². The predicted octanol–water partition coefficient (Wildman–Crippen LogP) is 5.89. The minimum absolute atomic E-state index is 0.0416. The van der Waals surface area contributed by atoms with Crippen LogP contribution in [0, 0.1) is 6.92 Å². The summed E-state index contributed by atoms with van der Waals surface area (Å²) < 4.78 is 11.0. The Morgan fingerprint density at radius 3 is 1.75 bits per heavy atom. The summed E-state index contributed by atoms with van der Waals surface area (Å²) in [5.41, 5.74) is 0. The van der Waals surface area contributed by atoms with Crippen LogP contribution in [0.4, 0.5) is 0 Å². The maximum absolute atomic E-state index is 11.3. The number of hydrogen-bond acceptors (Lipinski definition) is 2. The third-order valence-corrected chi connectivity index (χ3v) is 4.88. The fraction of sp³-hybridized carbons (Fsp3) is 0.952. The van der Waals surface area contributed by atoms with Crippen molar-refractivity contribution in [2.45, 2.75) is 109 Å². The van der Waals surface area contributed by atoms with Gasteiger partial charge in [0.15, 0.2) is 0 Å². The molecule has 3 heteroatoms. The van der Waals surface area contributed by atoms with Crippen LogP contribution in [-0.4, -0.2) is 32.0 Å². The van der Waals surface area contributed by atoms with Gasteiger partial charge in [-0.1, -0.05) is 90.4 Å². The molecule has 0 saturated carbocycles. The molecule has 0 spiro atoms. The molecule has 142 valence electrons. The van der Waals surface area contributed by atoms with Gasteiger partial charge in [0.1, 0.15) is 6.10 Å². The maximum atomic E-state index is 11.3. The van der Waals surface area contributed by atoms with Crippen molar-refractivity contribution in [3.8, 4) is 0 Å². The van der Waals surface area contributed by atoms with Gasteiger partial charge in [0, 0.05) is 13.0 Å². The van der Waals surface area contributed by atoms with Crippen molar-refractivity contribution in [1.29, 1.82) is 0 Å². The molecular weight excluding hydrogens is 300 g/mol. The van der Waals surface area contributed by atoms with Gasteiger partial charge in [0.25, 0.3) is 0 Å². The average Bonchev–Trinajstić information content (AvgIpc) is 2.58. The van der Waals surface area contributed by atoms with Crippen molar-refractivity contribution in [3.05, 3.63) is 6.92 Å². The van der Waals surface area contributed by atoms with E-state index in [1.807, 2.05) is 0 Å². The molecule has 2 radical (unpaired) electrons. The van der Waals surface area contributed by atoms with Gasteiger partial charge in [0.05, 0.1) is 19.3 Å². The van der Waals surface area contributed by atoms with Gasteiger partial charge < -0.3 is 9.47 Å². The lowest BCUT2D eigenvalue weighted by atomic mass is 10.0. The first-order valence-corrected chi connectivity index (χ1v) is 10.5. The minimum Gasteiger partial charge on any atom is -0.376 e. The topological polar surface area (TPSA) is 38.4 Å². The SMILES string of the molecule is [CH2]CCCCCCCCCCCCCCCOC1COCC([O])C1. The Labute approximate surface area is 150 Å². The molecule has 2 atom stereocenters. The van der Waals surface area contributed by atoms with Gasteiger partial charge in [-0.05, 0) is 6.42 Å². The summed E-state index contributed by atoms with van der Waals surface area (Å²) in [6.45, 7) is 5.64. The largest absolute Gasteiger partial charge is 0.376 e. The van der Waals surface area contributed by atoms with Gasteiger partial charge in [-0.3, -0.25) is 0 Å². The highest BCUT2D eigenvalue weighted by Gasteiger charge is 2.22. The Bertz CT molecular complexity index is 257. The lowest BCUT2D eigenvalue weighted by Gasteiger charge is -2.25. The summed E-state index contributed by atoms with van der Waals surface area (Å²) in [6.07, 6.45) is 18.8. The van der Waals surface area contributed by atoms with E-state index < -0.39 is 6.10 Å². The average molecular weight is 341 g/mol. The van der Waals surface area contributed by atoms with Gasteiger partial charge >= 0.3 is 0 Å². The van der Waals surface area contributed by atoms with Crippen molar-refractivity contribution in [2.24, 2.45) is 0 Å². The van der Waals surface area contributed by atoms with E-state index in [4.69, 9.17) is 9.47 Å². The lowest BCUT2D eigenvalue weighted by Crippen LogP contribution is -2.34. The summed E-state index contributed by atoms with van der Waals surface area (Å²) in [7, 11) is 0. The molecule has 2 unspecified atom stereocenters. The summed E-state index contributed by atoms with van der Waals surface area (Å²) in [6, 6.07) is 0. The Hall–Kier alpha value is -0.120. The number of hydrogen-bond donors (Lipinski definition) is 0. The zero-order valence-corrected chi connectivity index (χ0v) is 15.8. The predicted molar refractivity (Wildman–Crippen MR) is 99.6 cm³/mol. The molecule has 1 aliphatic rings. The standard InChI is InChI=1S/C21H40O3/c1-2-3-4-5-6-7-8-9-10-11-12-13-14-15-16-24-21-17-20(22)18-23-19-21/h20-21H,1-19H2. The van der Waals surface area contributed by atoms with Crippen LogP contribution in [0.2, 0.25) is 0 Å². The second-order valence-corrected chi connectivity index (χ2v) is 7.34. The first-order chi connectivity index (χ1) is 11.8. The fourth-order valence-electron chi connectivity index (χ4n) is 3.35. The van der Waals surface area contributed by atoms with E-state index in [1.165, 1.54) is 77.0 Å². The third kappa shape index (κ3) is 13.2. The highest BCUT2D eigenvalue weighted by molar-refractivity contribution is 4.69. The van der Waals surface area contributed by atoms with Crippen molar-refractivity contribution in [1.82, 2.24) is 0 Å². The van der Waals surface area contributed by atoms with Gasteiger partial charge in [0.2, 0.25) is 0 Å². The monoisotopic (exact) mass is 340 g/mol. The van der Waals surface area contributed by atoms with Crippen LogP contribution < -0.4 is 0 Å². The molecule has 0 amide bonds. The molecular formula is C21H40O3. The zero-order chi connectivity index (χ0) is 17.3. The van der Waals surface area contributed by atoms with Crippen LogP contribution in [-0.2, 0) is 14.6 Å². The highest BCUT2D eigenvalue weighted by atomic mass is 16.5. The zero-order valence-electron chi connectivity index (χ0n) is 15.8. The van der Waals surface area contributed by atoms with Crippen molar-refractivity contribution in [2.75, 3.05) is 19.8 Å². The van der Waals surface area contributed by atoms with Crippen LogP contribution in [0.15, 0.2) is 0 Å². The second kappa shape index (κ2) is 16.4. The van der Waals surface area contributed by atoms with Crippen LogP contribution in [0.3, 0.4) is 0 Å². The third-order valence-electron chi connectivity index (χ3n) is 4.88. The molecule has 1 rings (SSSR count). The minimum atomic E-state index is -0.586. The molecule has 3 nitrogen and oxygen atoms in total. The Balaban J connectivity index is 1.70. The van der Waals surface area contributed by atoms with E-state index in [2.05, 4.69) is 6.92 Å². The van der Waals surface area contributed by atoms with Gasteiger partial charge in [-0.2, -0.15) is 0 Å². The highest BCUT2D eigenvalue weighted by Crippen LogP contribution is 2.14. The Kier molecular flexibility index (Phi) is 14.9. The second-order valence-electron chi connectivity index (χ2n) is 7.34. The molecule has 1 fully saturated rings. The number of ether oxygens (including phenoxy) is 2. The quantitative estimate of drug-likeness (QED) is 0.329. The number of unbranched alkanes of at least 4 members (excludes halogenated alkanes) is 13. The normalized spacial score (nSPS) is 21.2. The smallest absolute Gasteiger partial charge is 0.119 e. The summed E-state index contributed by atoms with van der Waals surface area (Å²) in [5.74, 6) is 0. The molecule has 0 aromatic rings. The van der Waals surface area contributed by atoms with E-state index in [0.717, 1.165) is 19.4 Å². The van der Waals surface area contributed by atoms with E-state index in [1.54, 1.807) is 0 Å². The maximum Gasteiger partial charge on any atom is 0.119 e. The first kappa shape index (κ1) is 21.9. The van der Waals surface area contributed by atoms with Crippen LogP contribution in [0.1, 0.15) is 96.3 Å². The molecule has 1 aliphatic heterocycles. The molecule has 0 aromatic heterocycles. The molecule has 24 heavy (non-hydrogen) atoms. The molecule has 0 aromatic carbocycles. The van der Waals surface area contributed by atoms with E-state index >= 15 is 0 Å². The molecule has 1 saturated heterocycles. The first-order valence-electron chi connectivity index (χ1n) is 10.5. The molecule has 0 bridgehead atoms. The van der Waals surface area contributed by atoms with Crippen LogP contribution in [0.25, 0.3) is 0 Å². The Morgan fingerprint density at radius 1 is 0.750 bits per heavy atom. The van der Waals surface area contributed by atoms with E-state index in [-0.39, 0.29) is 6.10 Å². The van der Waals surface area contributed by atoms with Crippen LogP contribution in [0.5, 0.6) is 0 Å². The van der Waals surface area contributed by atoms with Crippen molar-refractivity contribution in [3.63, 3.8) is 0 Å². The fourth-order valence-corrected chi connectivity index (χ4v) is 3.35. The summed E-state index contributed by atoms with van der Waals surface area (Å²) in [4.78, 5) is 0. The summed E-state index contributed by atoms with van der Waals surface area (Å²) >= 11 is 0. The van der Waals surface area contributed by atoms with Gasteiger partial charge in [-0.25, -0.2) is 5.11 Å². The number of rotatable bonds is 16. The Morgan fingerprint density at radius 2 is 1.25 bits per heavy atom. The van der Waals surface area contributed by atoms with Crippen molar-refractivity contribution < 1.29 is 14.6 Å². The lowest BCUT2D eigenvalue weighted by molar-refractivity contribution is -0.117. The molecule has 0 N–H and O–H groups in total. The van der Waals surface area contributed by atoms with Crippen LogP contribution >= 0.6 is 0 Å². The van der Waals surface area contributed by atoms with E-state index in [9.17, 15) is 5.11 Å².